The smallest absolute Gasteiger partial charge is 0.153 e. The minimum Gasteiger partial charge on any atom is -0.298 e. The molecule has 0 spiro atoms. The quantitative estimate of drug-likeness (QED) is 0.534. The van der Waals surface area contributed by atoms with Gasteiger partial charge in [0.15, 0.2) is 6.29 Å². The summed E-state index contributed by atoms with van der Waals surface area (Å²) in [5.74, 6) is -1.54. The highest BCUT2D eigenvalue weighted by molar-refractivity contribution is 5.76. The van der Waals surface area contributed by atoms with E-state index in [9.17, 15) is 13.6 Å². The van der Waals surface area contributed by atoms with Gasteiger partial charge in [-0.15, -0.1) is 0 Å². The summed E-state index contributed by atoms with van der Waals surface area (Å²) in [4.78, 5) is 10.2. The van der Waals surface area contributed by atoms with Gasteiger partial charge in [-0.2, -0.15) is 5.26 Å². The molecule has 0 amide bonds. The monoisotopic (exact) mass is 193 g/mol. The van der Waals surface area contributed by atoms with E-state index in [0.717, 1.165) is 24.3 Å². The third kappa shape index (κ3) is 2.02. The van der Waals surface area contributed by atoms with Gasteiger partial charge >= 0.3 is 0 Å². The molecule has 0 aromatic heterocycles. The van der Waals surface area contributed by atoms with Crippen molar-refractivity contribution in [2.24, 2.45) is 0 Å². The zero-order valence-electron chi connectivity index (χ0n) is 7.00. The topological polar surface area (TPSA) is 40.9 Å². The number of hydrogen-bond donors (Lipinski definition) is 0. The van der Waals surface area contributed by atoms with Gasteiger partial charge < -0.3 is 0 Å². The molecule has 2 nitrogen and oxygen atoms in total. The van der Waals surface area contributed by atoms with Crippen LogP contribution in [0.3, 0.4) is 0 Å². The maximum atomic E-state index is 13.1. The standard InChI is InChI=1S/C10H5F2NO/c11-9-5-8(6-14)10(12)4-7(9)2-1-3-13/h1-2,4-6H. The third-order valence-corrected chi connectivity index (χ3v) is 1.58. The summed E-state index contributed by atoms with van der Waals surface area (Å²) in [6, 6.07) is 3.31. The minimum absolute atomic E-state index is 0.0605. The van der Waals surface area contributed by atoms with E-state index in [2.05, 4.69) is 0 Å². The lowest BCUT2D eigenvalue weighted by Crippen LogP contribution is -1.92. The van der Waals surface area contributed by atoms with Crippen LogP contribution in [0.2, 0.25) is 0 Å². The zero-order chi connectivity index (χ0) is 10.6. The SMILES string of the molecule is N#CC=Cc1cc(F)c(C=O)cc1F. The van der Waals surface area contributed by atoms with E-state index in [1.807, 2.05) is 0 Å². The third-order valence-electron chi connectivity index (χ3n) is 1.58. The first-order valence-corrected chi connectivity index (χ1v) is 3.69. The van der Waals surface area contributed by atoms with Crippen LogP contribution in [0.4, 0.5) is 8.78 Å². The number of nitrogens with zero attached hydrogens (tertiary/aromatic N) is 1. The normalized spacial score (nSPS) is 10.1. The molecule has 1 rings (SSSR count). The molecule has 0 aliphatic carbocycles. The Labute approximate surface area is 79.1 Å². The van der Waals surface area contributed by atoms with Gasteiger partial charge in [0.1, 0.15) is 11.6 Å². The van der Waals surface area contributed by atoms with Crippen LogP contribution in [0.5, 0.6) is 0 Å². The fraction of sp³-hybridized carbons (Fsp3) is 0. The van der Waals surface area contributed by atoms with E-state index in [0.29, 0.717) is 0 Å². The van der Waals surface area contributed by atoms with Gasteiger partial charge in [-0.3, -0.25) is 4.79 Å². The van der Waals surface area contributed by atoms with Crippen LogP contribution in [0, 0.1) is 23.0 Å². The first-order valence-electron chi connectivity index (χ1n) is 3.69. The van der Waals surface area contributed by atoms with Crippen molar-refractivity contribution in [3.05, 3.63) is 41.0 Å². The van der Waals surface area contributed by atoms with Crippen LogP contribution in [0.25, 0.3) is 6.08 Å². The summed E-state index contributed by atoms with van der Waals surface area (Å²) in [5.41, 5.74) is -0.397. The van der Waals surface area contributed by atoms with E-state index >= 15 is 0 Å². The molecule has 14 heavy (non-hydrogen) atoms. The summed E-state index contributed by atoms with van der Waals surface area (Å²) < 4.78 is 26.0. The highest BCUT2D eigenvalue weighted by Gasteiger charge is 2.06. The average Bonchev–Trinajstić information content (AvgIpc) is 2.18. The molecule has 0 saturated carbocycles. The Kier molecular flexibility index (Phi) is 3.08. The molecule has 70 valence electrons. The van der Waals surface area contributed by atoms with Crippen molar-refractivity contribution >= 4 is 12.4 Å². The van der Waals surface area contributed by atoms with Crippen LogP contribution in [-0.2, 0) is 0 Å². The zero-order valence-corrected chi connectivity index (χ0v) is 7.00. The molecule has 0 atom stereocenters. The fourth-order valence-electron chi connectivity index (χ4n) is 0.923. The number of aldehydes is 1. The lowest BCUT2D eigenvalue weighted by molar-refractivity contribution is 0.111. The molecule has 0 radical (unpaired) electrons. The van der Waals surface area contributed by atoms with Crippen LogP contribution in [0.15, 0.2) is 18.2 Å². The van der Waals surface area contributed by atoms with Crippen molar-refractivity contribution in [3.8, 4) is 6.07 Å². The molecule has 0 bridgehead atoms. The van der Waals surface area contributed by atoms with Crippen LogP contribution in [0.1, 0.15) is 15.9 Å². The maximum Gasteiger partial charge on any atom is 0.153 e. The summed E-state index contributed by atoms with van der Waals surface area (Å²) >= 11 is 0. The lowest BCUT2D eigenvalue weighted by Gasteiger charge is -1.98. The van der Waals surface area contributed by atoms with Gasteiger partial charge in [0, 0.05) is 11.6 Å². The molecule has 0 fully saturated rings. The molecule has 0 heterocycles. The Morgan fingerprint density at radius 1 is 1.21 bits per heavy atom. The molecule has 0 aliphatic rings. The van der Waals surface area contributed by atoms with Crippen molar-refractivity contribution in [1.29, 1.82) is 5.26 Å². The summed E-state index contributed by atoms with van der Waals surface area (Å²) in [7, 11) is 0. The number of carbonyl (C=O) groups excluding carboxylic acids is 1. The second-order valence-electron chi connectivity index (χ2n) is 2.48. The molecule has 4 heteroatoms. The van der Waals surface area contributed by atoms with Crippen LogP contribution in [-0.4, -0.2) is 6.29 Å². The van der Waals surface area contributed by atoms with Gasteiger partial charge in [0.2, 0.25) is 0 Å². The Morgan fingerprint density at radius 3 is 2.36 bits per heavy atom. The number of hydrogen-bond acceptors (Lipinski definition) is 2. The molecule has 0 N–H and O–H groups in total. The van der Waals surface area contributed by atoms with Crippen molar-refractivity contribution in [1.82, 2.24) is 0 Å². The number of allylic oxidation sites excluding steroid dienone is 1. The van der Waals surface area contributed by atoms with Gasteiger partial charge in [0.25, 0.3) is 0 Å². The Balaban J connectivity index is 3.23. The van der Waals surface area contributed by atoms with Crippen molar-refractivity contribution in [2.45, 2.75) is 0 Å². The molecule has 1 aromatic rings. The number of carbonyl (C=O) groups is 1. The van der Waals surface area contributed by atoms with E-state index in [-0.39, 0.29) is 17.4 Å². The first kappa shape index (κ1) is 10.1. The van der Waals surface area contributed by atoms with E-state index in [1.54, 1.807) is 6.07 Å². The number of nitriles is 1. The molecule has 1 aromatic carbocycles. The van der Waals surface area contributed by atoms with Gasteiger partial charge in [0.05, 0.1) is 11.6 Å². The number of halogens is 2. The van der Waals surface area contributed by atoms with Crippen LogP contribution >= 0.6 is 0 Å². The molecular formula is C10H5F2NO. The van der Waals surface area contributed by atoms with Gasteiger partial charge in [-0.1, -0.05) is 0 Å². The second kappa shape index (κ2) is 4.28. The first-order chi connectivity index (χ1) is 6.69. The Morgan fingerprint density at radius 2 is 1.79 bits per heavy atom. The van der Waals surface area contributed by atoms with Gasteiger partial charge in [-0.25, -0.2) is 8.78 Å². The predicted molar refractivity (Wildman–Crippen MR) is 46.4 cm³/mol. The van der Waals surface area contributed by atoms with Crippen molar-refractivity contribution in [3.63, 3.8) is 0 Å². The predicted octanol–water partition coefficient (Wildman–Crippen LogP) is 2.31. The molecule has 0 saturated heterocycles. The molecule has 0 aliphatic heterocycles. The maximum absolute atomic E-state index is 13.1. The average molecular weight is 193 g/mol. The minimum atomic E-state index is -0.806. The molecular weight excluding hydrogens is 188 g/mol. The van der Waals surface area contributed by atoms with Crippen molar-refractivity contribution in [2.75, 3.05) is 0 Å². The highest BCUT2D eigenvalue weighted by Crippen LogP contribution is 2.14. The van der Waals surface area contributed by atoms with Gasteiger partial charge in [-0.05, 0) is 18.2 Å². The second-order valence-corrected chi connectivity index (χ2v) is 2.48. The van der Waals surface area contributed by atoms with E-state index in [1.165, 1.54) is 0 Å². The summed E-state index contributed by atoms with van der Waals surface area (Å²) in [6.45, 7) is 0. The largest absolute Gasteiger partial charge is 0.298 e. The van der Waals surface area contributed by atoms with Crippen molar-refractivity contribution < 1.29 is 13.6 Å². The number of rotatable bonds is 2. The van der Waals surface area contributed by atoms with Crippen LogP contribution < -0.4 is 0 Å². The lowest BCUT2D eigenvalue weighted by atomic mass is 10.1. The molecule has 0 unspecified atom stereocenters. The Bertz CT molecular complexity index is 432. The summed E-state index contributed by atoms with van der Waals surface area (Å²) in [5, 5.41) is 8.18. The van der Waals surface area contributed by atoms with E-state index in [4.69, 9.17) is 5.26 Å². The number of benzene rings is 1. The Hall–Kier alpha value is -2.02. The highest BCUT2D eigenvalue weighted by atomic mass is 19.1. The van der Waals surface area contributed by atoms with E-state index < -0.39 is 11.6 Å². The fourth-order valence-corrected chi connectivity index (χ4v) is 0.923. The summed E-state index contributed by atoms with van der Waals surface area (Å²) in [6.07, 6.45) is 2.39.